The molecule has 0 N–H and O–H groups in total. The number of ether oxygens (including phenoxy) is 1. The highest BCUT2D eigenvalue weighted by Gasteiger charge is 2.18. The van der Waals surface area contributed by atoms with Crippen molar-refractivity contribution >= 4 is 0 Å². The maximum absolute atomic E-state index is 14.4. The van der Waals surface area contributed by atoms with Crippen LogP contribution in [0.5, 0.6) is 5.75 Å². The summed E-state index contributed by atoms with van der Waals surface area (Å²) in [5.41, 5.74) is 2.26. The van der Waals surface area contributed by atoms with Gasteiger partial charge in [0.25, 0.3) is 0 Å². The van der Waals surface area contributed by atoms with E-state index in [4.69, 9.17) is 4.74 Å². The number of rotatable bonds is 5. The third-order valence-corrected chi connectivity index (χ3v) is 4.64. The first-order chi connectivity index (χ1) is 11.7. The summed E-state index contributed by atoms with van der Waals surface area (Å²) in [4.78, 5) is 0. The van der Waals surface area contributed by atoms with Gasteiger partial charge < -0.3 is 4.74 Å². The SMILES string of the molecule is CCCOc1ccc(-c2ccc(C3CC[CH]CC3)cc2)c(F)c1F. The van der Waals surface area contributed by atoms with Gasteiger partial charge in [0.1, 0.15) is 0 Å². The Bertz CT molecular complexity index is 673. The normalized spacial score (nSPS) is 15.5. The van der Waals surface area contributed by atoms with Crippen LogP contribution in [-0.2, 0) is 0 Å². The number of hydrogen-bond acceptors (Lipinski definition) is 1. The molecule has 2 aromatic carbocycles. The maximum atomic E-state index is 14.4. The number of benzene rings is 2. The Morgan fingerprint density at radius 2 is 1.67 bits per heavy atom. The van der Waals surface area contributed by atoms with Crippen LogP contribution in [0, 0.1) is 18.1 Å². The molecule has 1 fully saturated rings. The molecule has 3 heteroatoms. The number of hydrogen-bond donors (Lipinski definition) is 0. The molecule has 0 atom stereocenters. The van der Waals surface area contributed by atoms with Crippen LogP contribution < -0.4 is 4.74 Å². The van der Waals surface area contributed by atoms with E-state index in [1.165, 1.54) is 24.5 Å². The molecule has 1 radical (unpaired) electrons. The molecule has 1 nitrogen and oxygen atoms in total. The third-order valence-electron chi connectivity index (χ3n) is 4.64. The zero-order valence-corrected chi connectivity index (χ0v) is 14.0. The van der Waals surface area contributed by atoms with E-state index in [1.54, 1.807) is 6.07 Å². The summed E-state index contributed by atoms with van der Waals surface area (Å²) < 4.78 is 33.7. The van der Waals surface area contributed by atoms with Crippen LogP contribution in [0.2, 0.25) is 0 Å². The molecular weight excluding hydrogens is 306 g/mol. The van der Waals surface area contributed by atoms with Gasteiger partial charge in [0.15, 0.2) is 11.6 Å². The van der Waals surface area contributed by atoms with E-state index in [1.807, 2.05) is 31.2 Å². The first-order valence-corrected chi connectivity index (χ1v) is 8.73. The van der Waals surface area contributed by atoms with Crippen LogP contribution in [0.25, 0.3) is 11.1 Å². The Balaban J connectivity index is 1.82. The van der Waals surface area contributed by atoms with Gasteiger partial charge in [-0.1, -0.05) is 31.2 Å². The van der Waals surface area contributed by atoms with E-state index in [0.717, 1.165) is 19.3 Å². The van der Waals surface area contributed by atoms with E-state index >= 15 is 0 Å². The molecule has 1 aliphatic carbocycles. The summed E-state index contributed by atoms with van der Waals surface area (Å²) in [6.07, 6.45) is 7.75. The van der Waals surface area contributed by atoms with Crippen molar-refractivity contribution in [3.05, 3.63) is 60.0 Å². The molecule has 0 unspecified atom stereocenters. The standard InChI is InChI=1S/C21H23F2O/c1-2-14-24-19-13-12-18(20(22)21(19)23)17-10-8-16(9-11-17)15-6-4-3-5-7-15/h3,8-13,15H,2,4-7,14H2,1H3. The van der Waals surface area contributed by atoms with Crippen molar-refractivity contribution in [2.75, 3.05) is 6.61 Å². The molecule has 0 bridgehead atoms. The van der Waals surface area contributed by atoms with E-state index in [9.17, 15) is 8.78 Å². The van der Waals surface area contributed by atoms with Crippen LogP contribution in [0.4, 0.5) is 8.78 Å². The summed E-state index contributed by atoms with van der Waals surface area (Å²) in [6, 6.07) is 11.0. The second-order valence-corrected chi connectivity index (χ2v) is 6.35. The Morgan fingerprint density at radius 1 is 0.958 bits per heavy atom. The minimum Gasteiger partial charge on any atom is -0.490 e. The monoisotopic (exact) mass is 329 g/mol. The average molecular weight is 329 g/mol. The van der Waals surface area contributed by atoms with Gasteiger partial charge in [0.05, 0.1) is 6.61 Å². The van der Waals surface area contributed by atoms with E-state index in [0.29, 0.717) is 18.1 Å². The summed E-state index contributed by atoms with van der Waals surface area (Å²) in [5.74, 6) is -1.19. The molecule has 0 spiro atoms. The van der Waals surface area contributed by atoms with Crippen molar-refractivity contribution in [3.63, 3.8) is 0 Å². The highest BCUT2D eigenvalue weighted by Crippen LogP contribution is 2.34. The second kappa shape index (κ2) is 7.78. The zero-order valence-electron chi connectivity index (χ0n) is 14.0. The van der Waals surface area contributed by atoms with Crippen molar-refractivity contribution in [1.29, 1.82) is 0 Å². The quantitative estimate of drug-likeness (QED) is 0.627. The minimum atomic E-state index is -0.909. The predicted octanol–water partition coefficient (Wildman–Crippen LogP) is 6.28. The van der Waals surface area contributed by atoms with Gasteiger partial charge in [0, 0.05) is 5.56 Å². The molecule has 1 saturated carbocycles. The van der Waals surface area contributed by atoms with Crippen LogP contribution in [-0.4, -0.2) is 6.61 Å². The van der Waals surface area contributed by atoms with Crippen LogP contribution >= 0.6 is 0 Å². The van der Waals surface area contributed by atoms with Crippen LogP contribution in [0.1, 0.15) is 50.5 Å². The van der Waals surface area contributed by atoms with Crippen molar-refractivity contribution < 1.29 is 13.5 Å². The molecule has 1 aliphatic rings. The molecule has 0 amide bonds. The molecule has 3 rings (SSSR count). The molecule has 127 valence electrons. The maximum Gasteiger partial charge on any atom is 0.201 e. The number of halogens is 2. The Hall–Kier alpha value is -1.90. The largest absolute Gasteiger partial charge is 0.490 e. The lowest BCUT2D eigenvalue weighted by Gasteiger charge is -2.22. The molecule has 2 aromatic rings. The first-order valence-electron chi connectivity index (χ1n) is 8.73. The van der Waals surface area contributed by atoms with Gasteiger partial charge in [-0.2, -0.15) is 4.39 Å². The lowest BCUT2D eigenvalue weighted by molar-refractivity contribution is 0.295. The van der Waals surface area contributed by atoms with Gasteiger partial charge in [-0.15, -0.1) is 0 Å². The van der Waals surface area contributed by atoms with E-state index in [-0.39, 0.29) is 11.3 Å². The first kappa shape index (κ1) is 16.9. The molecule has 0 saturated heterocycles. The lowest BCUT2D eigenvalue weighted by atomic mass is 9.83. The van der Waals surface area contributed by atoms with Gasteiger partial charge in [0.2, 0.25) is 5.82 Å². The second-order valence-electron chi connectivity index (χ2n) is 6.35. The van der Waals surface area contributed by atoms with Crippen LogP contribution in [0.15, 0.2) is 36.4 Å². The Labute approximate surface area is 142 Å². The minimum absolute atomic E-state index is 0.0202. The fraction of sp³-hybridized carbons (Fsp3) is 0.381. The fourth-order valence-corrected chi connectivity index (χ4v) is 3.27. The van der Waals surface area contributed by atoms with Crippen molar-refractivity contribution in [3.8, 4) is 16.9 Å². The summed E-state index contributed by atoms with van der Waals surface area (Å²) in [5, 5.41) is 0. The van der Waals surface area contributed by atoms with Crippen molar-refractivity contribution in [2.45, 2.75) is 44.9 Å². The molecule has 0 aromatic heterocycles. The fourth-order valence-electron chi connectivity index (χ4n) is 3.27. The Kier molecular flexibility index (Phi) is 5.49. The Morgan fingerprint density at radius 3 is 2.33 bits per heavy atom. The average Bonchev–Trinajstić information content (AvgIpc) is 2.64. The topological polar surface area (TPSA) is 9.23 Å². The zero-order chi connectivity index (χ0) is 16.9. The highest BCUT2D eigenvalue weighted by molar-refractivity contribution is 5.65. The molecule has 0 heterocycles. The van der Waals surface area contributed by atoms with Gasteiger partial charge in [-0.3, -0.25) is 0 Å². The van der Waals surface area contributed by atoms with Crippen LogP contribution in [0.3, 0.4) is 0 Å². The third kappa shape index (κ3) is 3.61. The van der Waals surface area contributed by atoms with E-state index < -0.39 is 11.6 Å². The van der Waals surface area contributed by atoms with Gasteiger partial charge >= 0.3 is 0 Å². The van der Waals surface area contributed by atoms with Gasteiger partial charge in [-0.05, 0) is 67.7 Å². The highest BCUT2D eigenvalue weighted by atomic mass is 19.2. The summed E-state index contributed by atoms with van der Waals surface area (Å²) in [7, 11) is 0. The van der Waals surface area contributed by atoms with Crippen molar-refractivity contribution in [2.24, 2.45) is 0 Å². The summed E-state index contributed by atoms with van der Waals surface area (Å²) >= 11 is 0. The molecular formula is C21H23F2O. The molecule has 0 aliphatic heterocycles. The summed E-state index contributed by atoms with van der Waals surface area (Å²) in [6.45, 7) is 2.30. The van der Waals surface area contributed by atoms with Crippen molar-refractivity contribution in [1.82, 2.24) is 0 Å². The predicted molar refractivity (Wildman–Crippen MR) is 93.1 cm³/mol. The lowest BCUT2D eigenvalue weighted by Crippen LogP contribution is -2.04. The molecule has 24 heavy (non-hydrogen) atoms. The van der Waals surface area contributed by atoms with E-state index in [2.05, 4.69) is 6.42 Å². The smallest absolute Gasteiger partial charge is 0.201 e. The van der Waals surface area contributed by atoms with Gasteiger partial charge in [-0.25, -0.2) is 4.39 Å².